The molecule has 62 valence electrons. The molecule has 4 nitrogen and oxygen atoms in total. The maximum atomic E-state index is 10.6. The Morgan fingerprint density at radius 2 is 2.36 bits per heavy atom. The number of Topliss-reactive ketones (excluding diaryl/α,β-unsaturated/α-hetero) is 1. The molecule has 0 N–H and O–H groups in total. The quantitative estimate of drug-likeness (QED) is 0.443. The highest BCUT2D eigenvalue weighted by Crippen LogP contribution is 2.16. The Morgan fingerprint density at radius 1 is 1.64 bits per heavy atom. The van der Waals surface area contributed by atoms with Gasteiger partial charge in [-0.1, -0.05) is 0 Å². The van der Waals surface area contributed by atoms with Crippen LogP contribution in [0.4, 0.5) is 0 Å². The van der Waals surface area contributed by atoms with E-state index in [9.17, 15) is 9.59 Å². The zero-order valence-electron chi connectivity index (χ0n) is 6.03. The summed E-state index contributed by atoms with van der Waals surface area (Å²) in [5, 5.41) is 0. The second-order valence-corrected chi connectivity index (χ2v) is 3.02. The molecule has 0 radical (unpaired) electrons. The van der Waals surface area contributed by atoms with Crippen molar-refractivity contribution in [3.8, 4) is 0 Å². The number of esters is 1. The molecule has 5 heteroatoms. The fraction of sp³-hybridized carbons (Fsp3) is 0.667. The van der Waals surface area contributed by atoms with Crippen LogP contribution in [0.5, 0.6) is 0 Å². The first kappa shape index (κ1) is 8.55. The van der Waals surface area contributed by atoms with Crippen molar-refractivity contribution in [1.82, 2.24) is 0 Å². The van der Waals surface area contributed by atoms with Crippen molar-refractivity contribution in [3.05, 3.63) is 0 Å². The molecule has 0 amide bonds. The Bertz CT molecular complexity index is 173. The van der Waals surface area contributed by atoms with E-state index in [1.807, 2.05) is 0 Å². The minimum Gasteiger partial charge on any atom is -0.429 e. The molecule has 1 rings (SSSR count). The molecule has 1 aliphatic rings. The van der Waals surface area contributed by atoms with Crippen molar-refractivity contribution in [2.45, 2.75) is 13.2 Å². The van der Waals surface area contributed by atoms with Crippen molar-refractivity contribution in [1.29, 1.82) is 0 Å². The first-order valence-electron chi connectivity index (χ1n) is 3.11. The number of ether oxygens (including phenoxy) is 2. The van der Waals surface area contributed by atoms with E-state index in [4.69, 9.17) is 4.74 Å². The summed E-state index contributed by atoms with van der Waals surface area (Å²) in [6.45, 7) is 1.17. The van der Waals surface area contributed by atoms with E-state index in [-0.39, 0.29) is 0 Å². The molecular weight excluding hydrogens is 168 g/mol. The molecule has 0 saturated carbocycles. The Hall–Kier alpha value is -0.550. The van der Waals surface area contributed by atoms with Gasteiger partial charge in [0.05, 0.1) is 11.7 Å². The number of carbonyl (C=O) groups excluding carboxylic acids is 2. The van der Waals surface area contributed by atoms with Crippen LogP contribution >= 0.6 is 11.8 Å². The highest BCUT2D eigenvalue weighted by Gasteiger charge is 2.21. The second kappa shape index (κ2) is 3.73. The zero-order chi connectivity index (χ0) is 8.27. The number of rotatable bonds is 2. The lowest BCUT2D eigenvalue weighted by atomic mass is 10.5. The van der Waals surface area contributed by atoms with Crippen LogP contribution in [0.25, 0.3) is 0 Å². The predicted octanol–water partition coefficient (Wildman–Crippen LogP) is 0.166. The summed E-state index contributed by atoms with van der Waals surface area (Å²) in [6, 6.07) is 0. The van der Waals surface area contributed by atoms with Crippen LogP contribution in [0.3, 0.4) is 0 Å². The van der Waals surface area contributed by atoms with E-state index >= 15 is 0 Å². The van der Waals surface area contributed by atoms with Crippen molar-refractivity contribution in [2.75, 3.05) is 11.7 Å². The van der Waals surface area contributed by atoms with Gasteiger partial charge in [-0.05, 0) is 0 Å². The van der Waals surface area contributed by atoms with Crippen LogP contribution in [-0.4, -0.2) is 29.7 Å². The molecule has 1 fully saturated rings. The zero-order valence-corrected chi connectivity index (χ0v) is 6.85. The largest absolute Gasteiger partial charge is 0.429 e. The van der Waals surface area contributed by atoms with Gasteiger partial charge >= 0.3 is 5.97 Å². The van der Waals surface area contributed by atoms with Crippen LogP contribution in [0.1, 0.15) is 6.92 Å². The number of ketones is 1. The molecule has 1 atom stereocenters. The molecule has 0 aromatic carbocycles. The van der Waals surface area contributed by atoms with Crippen molar-refractivity contribution in [2.24, 2.45) is 0 Å². The summed E-state index contributed by atoms with van der Waals surface area (Å²) < 4.78 is 9.58. The molecule has 1 heterocycles. The molecule has 1 saturated heterocycles. The monoisotopic (exact) mass is 176 g/mol. The second-order valence-electron chi connectivity index (χ2n) is 2.05. The minimum atomic E-state index is -0.822. The van der Waals surface area contributed by atoms with Crippen LogP contribution in [0, 0.1) is 0 Å². The van der Waals surface area contributed by atoms with Crippen LogP contribution in [0.2, 0.25) is 0 Å². The van der Waals surface area contributed by atoms with Crippen molar-refractivity contribution >= 4 is 23.5 Å². The van der Waals surface area contributed by atoms with Gasteiger partial charge in [-0.3, -0.25) is 4.79 Å². The van der Waals surface area contributed by atoms with E-state index in [1.165, 1.54) is 18.7 Å². The van der Waals surface area contributed by atoms with Gasteiger partial charge < -0.3 is 9.47 Å². The Kier molecular flexibility index (Phi) is 2.90. The first-order chi connectivity index (χ1) is 5.20. The third-order valence-corrected chi connectivity index (χ3v) is 1.93. The van der Waals surface area contributed by atoms with E-state index in [1.54, 1.807) is 0 Å². The average Bonchev–Trinajstić information content (AvgIpc) is 2.39. The van der Waals surface area contributed by atoms with E-state index in [0.29, 0.717) is 11.7 Å². The average molecular weight is 176 g/mol. The summed E-state index contributed by atoms with van der Waals surface area (Å²) in [5.41, 5.74) is 0. The van der Waals surface area contributed by atoms with Gasteiger partial charge in [0, 0.05) is 6.92 Å². The summed E-state index contributed by atoms with van der Waals surface area (Å²) >= 11 is 1.53. The van der Waals surface area contributed by atoms with E-state index in [2.05, 4.69) is 4.74 Å². The highest BCUT2D eigenvalue weighted by molar-refractivity contribution is 7.99. The van der Waals surface area contributed by atoms with Gasteiger partial charge in [0.25, 0.3) is 0 Å². The molecule has 0 aromatic rings. The first-order valence-corrected chi connectivity index (χ1v) is 4.26. The van der Waals surface area contributed by atoms with E-state index < -0.39 is 18.0 Å². The third-order valence-electron chi connectivity index (χ3n) is 1.12. The Labute approximate surface area is 68.2 Å². The van der Waals surface area contributed by atoms with Crippen molar-refractivity contribution in [3.63, 3.8) is 0 Å². The molecule has 1 aliphatic heterocycles. The van der Waals surface area contributed by atoms with Crippen LogP contribution < -0.4 is 0 Å². The van der Waals surface area contributed by atoms with Crippen LogP contribution in [-0.2, 0) is 19.1 Å². The molecule has 11 heavy (non-hydrogen) atoms. The summed E-state index contributed by atoms with van der Waals surface area (Å²) in [5.74, 6) is -0.280. The maximum absolute atomic E-state index is 10.6. The topological polar surface area (TPSA) is 52.6 Å². The van der Waals surface area contributed by atoms with Crippen molar-refractivity contribution < 1.29 is 19.1 Å². The van der Waals surface area contributed by atoms with Gasteiger partial charge in [0.2, 0.25) is 12.1 Å². The molecule has 0 bridgehead atoms. The van der Waals surface area contributed by atoms with E-state index in [0.717, 1.165) is 0 Å². The fourth-order valence-electron chi connectivity index (χ4n) is 0.587. The minimum absolute atomic E-state index is 0.524. The van der Waals surface area contributed by atoms with Gasteiger partial charge in [0.15, 0.2) is 0 Å². The van der Waals surface area contributed by atoms with Gasteiger partial charge in [-0.2, -0.15) is 0 Å². The normalized spacial score (nSPS) is 23.2. The molecule has 0 aliphatic carbocycles. The molecular formula is C6H8O4S. The maximum Gasteiger partial charge on any atom is 0.376 e. The summed E-state index contributed by atoms with van der Waals surface area (Å²) in [6.07, 6.45) is -0.531. The lowest BCUT2D eigenvalue weighted by molar-refractivity contribution is -0.172. The van der Waals surface area contributed by atoms with Crippen LogP contribution in [0.15, 0.2) is 0 Å². The molecule has 0 spiro atoms. The lowest BCUT2D eigenvalue weighted by Gasteiger charge is -2.07. The number of thioether (sulfide) groups is 1. The molecule has 0 aromatic heterocycles. The number of hydrogen-bond donors (Lipinski definition) is 0. The third kappa shape index (κ3) is 2.51. The molecule has 1 unspecified atom stereocenters. The predicted molar refractivity (Wildman–Crippen MR) is 39.0 cm³/mol. The SMILES string of the molecule is CC(=O)C(=O)OC1CSCO1. The lowest BCUT2D eigenvalue weighted by Crippen LogP contribution is -2.23. The number of hydrogen-bond acceptors (Lipinski definition) is 5. The number of carbonyl (C=O) groups is 2. The summed E-state index contributed by atoms with van der Waals surface area (Å²) in [4.78, 5) is 21.0. The van der Waals surface area contributed by atoms with Gasteiger partial charge in [0.1, 0.15) is 0 Å². The van der Waals surface area contributed by atoms with Gasteiger partial charge in [-0.15, -0.1) is 11.8 Å². The Balaban J connectivity index is 2.29. The standard InChI is InChI=1S/C6H8O4S/c1-4(7)6(8)10-5-2-11-3-9-5/h5H,2-3H2,1H3. The highest BCUT2D eigenvalue weighted by atomic mass is 32.2. The Morgan fingerprint density at radius 3 is 2.82 bits per heavy atom. The fourth-order valence-corrected chi connectivity index (χ4v) is 1.29. The smallest absolute Gasteiger partial charge is 0.376 e. The van der Waals surface area contributed by atoms with Gasteiger partial charge in [-0.25, -0.2) is 4.79 Å². The summed E-state index contributed by atoms with van der Waals surface area (Å²) in [7, 11) is 0.